The van der Waals surface area contributed by atoms with E-state index in [4.69, 9.17) is 23.2 Å². The summed E-state index contributed by atoms with van der Waals surface area (Å²) in [6, 6.07) is 0. The van der Waals surface area contributed by atoms with Crippen LogP contribution in [0.5, 0.6) is 0 Å². The van der Waals surface area contributed by atoms with Gasteiger partial charge in [0.1, 0.15) is 0 Å². The van der Waals surface area contributed by atoms with Crippen molar-refractivity contribution < 1.29 is 126 Å². The zero-order chi connectivity index (χ0) is 8.08. The molecule has 0 rings (SSSR count). The standard InChI is InChI=1S/C2H4O2.2Na.H2O3S2.8H2O/c1-2(3)4;;;1-5(2,3)4;;;;;;;;/h1H3,(H,3,4);;;(H2,1,2,3,4);8*1H2/q;2*+1;;;;;;;;;/p-2. The molecule has 0 spiro atoms. The molecule has 17 heteroatoms. The van der Waals surface area contributed by atoms with Gasteiger partial charge in [0, 0.05) is 6.92 Å². The van der Waals surface area contributed by atoms with E-state index in [1.54, 1.807) is 0 Å². The first-order valence-electron chi connectivity index (χ1n) is 1.59. The van der Waals surface area contributed by atoms with Gasteiger partial charge in [-0.15, -0.1) is 9.05 Å². The average molecular weight is 362 g/mol. The van der Waals surface area contributed by atoms with Crippen LogP contribution < -0.4 is 59.1 Å². The Labute approximate surface area is 158 Å². The van der Waals surface area contributed by atoms with Gasteiger partial charge in [0.2, 0.25) is 0 Å². The second-order valence-electron chi connectivity index (χ2n) is 0.927. The molecule has 0 fully saturated rings. The van der Waals surface area contributed by atoms with Crippen LogP contribution in [0.2, 0.25) is 0 Å². The van der Waals surface area contributed by atoms with Crippen LogP contribution in [0.15, 0.2) is 0 Å². The fourth-order valence-electron chi connectivity index (χ4n) is 0. The fraction of sp³-hybridized carbons (Fsp3) is 0.500. The molecular formula is C2H20Na2O13S2. The van der Waals surface area contributed by atoms with E-state index in [1.165, 1.54) is 0 Å². The maximum absolute atomic E-state index is 9.00. The molecule has 17 N–H and O–H groups in total. The van der Waals surface area contributed by atoms with E-state index in [9.17, 15) is 0 Å². The first-order chi connectivity index (χ1) is 3.73. The van der Waals surface area contributed by atoms with Crippen molar-refractivity contribution in [2.45, 2.75) is 6.92 Å². The van der Waals surface area contributed by atoms with Crippen molar-refractivity contribution in [3.63, 3.8) is 0 Å². The van der Waals surface area contributed by atoms with E-state index in [2.05, 4.69) is 11.2 Å². The third-order valence-corrected chi connectivity index (χ3v) is 0. The smallest absolute Gasteiger partial charge is 0.780 e. The van der Waals surface area contributed by atoms with Crippen molar-refractivity contribution in [3.05, 3.63) is 0 Å². The second-order valence-corrected chi connectivity index (χ2v) is 2.97. The minimum Gasteiger partial charge on any atom is -0.780 e. The van der Waals surface area contributed by atoms with Gasteiger partial charge >= 0.3 is 59.1 Å². The van der Waals surface area contributed by atoms with E-state index >= 15 is 0 Å². The first kappa shape index (κ1) is 108. The van der Waals surface area contributed by atoms with Gasteiger partial charge in [0.15, 0.2) is 0 Å². The molecular weight excluding hydrogens is 342 g/mol. The van der Waals surface area contributed by atoms with Crippen LogP contribution in [0.25, 0.3) is 0 Å². The van der Waals surface area contributed by atoms with Crippen LogP contribution >= 0.6 is 0 Å². The third-order valence-electron chi connectivity index (χ3n) is 0. The van der Waals surface area contributed by atoms with Crippen molar-refractivity contribution >= 4 is 26.2 Å². The number of aliphatic carboxylic acids is 1. The molecule has 0 heterocycles. The summed E-state index contributed by atoms with van der Waals surface area (Å²) in [6.45, 7) is 1.08. The van der Waals surface area contributed by atoms with Crippen LogP contribution in [0.1, 0.15) is 6.92 Å². The van der Waals surface area contributed by atoms with E-state index in [0.29, 0.717) is 0 Å². The van der Waals surface area contributed by atoms with Crippen LogP contribution in [-0.4, -0.2) is 68.2 Å². The van der Waals surface area contributed by atoms with Crippen molar-refractivity contribution in [1.82, 2.24) is 0 Å². The van der Waals surface area contributed by atoms with Crippen molar-refractivity contribution in [2.24, 2.45) is 0 Å². The molecule has 0 bridgehead atoms. The molecule has 0 saturated heterocycles. The SMILES string of the molecule is CC(=O)O.O.O.O.O.O.O.O.O.O=S([O-])([O-])=S.[Na+].[Na+]. The topological polar surface area (TPSA) is 352 Å². The molecule has 0 amide bonds. The van der Waals surface area contributed by atoms with E-state index < -0.39 is 15.0 Å². The molecule has 0 atom stereocenters. The second kappa shape index (κ2) is 60.6. The van der Waals surface area contributed by atoms with Crippen LogP contribution in [-0.2, 0) is 25.0 Å². The third kappa shape index (κ3) is 2850. The Kier molecular flexibility index (Phi) is 346. The molecule has 0 aliphatic carbocycles. The molecule has 13 nitrogen and oxygen atoms in total. The van der Waals surface area contributed by atoms with Gasteiger partial charge in [-0.1, -0.05) is 0 Å². The molecule has 0 saturated carbocycles. The average Bonchev–Trinajstić information content (AvgIpc) is 1.19. The number of carbonyl (C=O) groups is 1. The van der Waals surface area contributed by atoms with Gasteiger partial charge in [-0.2, -0.15) is 0 Å². The quantitative estimate of drug-likeness (QED) is 0.407. The minimum atomic E-state index is -4.33. The molecule has 0 aromatic heterocycles. The van der Waals surface area contributed by atoms with Crippen LogP contribution in [0, 0.1) is 0 Å². The Morgan fingerprint density at radius 1 is 0.895 bits per heavy atom. The summed E-state index contributed by atoms with van der Waals surface area (Å²) in [5, 5.41) is 7.42. The summed E-state index contributed by atoms with van der Waals surface area (Å²) in [4.78, 5) is 9.00. The summed E-state index contributed by atoms with van der Waals surface area (Å²) in [6.07, 6.45) is 0. The van der Waals surface area contributed by atoms with Gasteiger partial charge in [-0.25, -0.2) is 0 Å². The maximum Gasteiger partial charge on any atom is 1.00 e. The number of rotatable bonds is 0. The van der Waals surface area contributed by atoms with Crippen molar-refractivity contribution in [1.29, 1.82) is 0 Å². The van der Waals surface area contributed by atoms with Crippen molar-refractivity contribution in [3.8, 4) is 0 Å². The molecule has 0 radical (unpaired) electrons. The Hall–Kier alpha value is 1.44. The largest absolute Gasteiger partial charge is 1.00 e. The number of carboxylic acids is 1. The van der Waals surface area contributed by atoms with Crippen LogP contribution in [0.3, 0.4) is 0 Å². The molecule has 120 valence electrons. The van der Waals surface area contributed by atoms with Gasteiger partial charge < -0.3 is 58.0 Å². The molecule has 0 unspecified atom stereocenters. The Morgan fingerprint density at radius 3 is 0.895 bits per heavy atom. The normalized spacial score (nSPS) is 4.37. The first-order valence-corrected chi connectivity index (χ1v) is 3.93. The minimum absolute atomic E-state index is 0. The Bertz CT molecular complexity index is 169. The van der Waals surface area contributed by atoms with E-state index in [0.717, 1.165) is 6.92 Å². The molecule has 0 aromatic rings. The zero-order valence-electron chi connectivity index (χ0n) is 10.4. The van der Waals surface area contributed by atoms with Gasteiger partial charge in [0.05, 0.1) is 0 Å². The summed E-state index contributed by atoms with van der Waals surface area (Å²) in [7, 11) is -4.33. The monoisotopic (exact) mass is 362 g/mol. The number of hydrogen-bond acceptors (Lipinski definition) is 5. The zero-order valence-corrected chi connectivity index (χ0v) is 16.0. The molecule has 0 aliphatic rings. The van der Waals surface area contributed by atoms with Gasteiger partial charge in [-0.3, -0.25) is 9.00 Å². The summed E-state index contributed by atoms with van der Waals surface area (Å²) in [5.74, 6) is -0.833. The van der Waals surface area contributed by atoms with Gasteiger partial charge in [-0.05, 0) is 11.2 Å². The molecule has 19 heavy (non-hydrogen) atoms. The number of hydrogen-bond donors (Lipinski definition) is 1. The Morgan fingerprint density at radius 2 is 0.895 bits per heavy atom. The predicted molar refractivity (Wildman–Crippen MR) is 59.3 cm³/mol. The molecule has 0 aliphatic heterocycles. The molecule has 0 aromatic carbocycles. The number of carboxylic acid groups (broad SMARTS) is 1. The Balaban J connectivity index is -0.00000000340. The summed E-state index contributed by atoms with van der Waals surface area (Å²) < 4.78 is 26.7. The van der Waals surface area contributed by atoms with E-state index in [1.807, 2.05) is 0 Å². The van der Waals surface area contributed by atoms with Crippen LogP contribution in [0.4, 0.5) is 0 Å². The summed E-state index contributed by atoms with van der Waals surface area (Å²) in [5.41, 5.74) is 0. The summed E-state index contributed by atoms with van der Waals surface area (Å²) >= 11 is 3.24. The van der Waals surface area contributed by atoms with E-state index in [-0.39, 0.29) is 103 Å². The maximum atomic E-state index is 9.00. The van der Waals surface area contributed by atoms with Gasteiger partial charge in [0.25, 0.3) is 5.97 Å². The fourth-order valence-corrected chi connectivity index (χ4v) is 0. The van der Waals surface area contributed by atoms with Crippen molar-refractivity contribution in [2.75, 3.05) is 0 Å². The predicted octanol–water partition coefficient (Wildman–Crippen LogP) is -13.5.